The van der Waals surface area contributed by atoms with Crippen LogP contribution in [0.3, 0.4) is 0 Å². The van der Waals surface area contributed by atoms with Crippen molar-refractivity contribution >= 4 is 23.8 Å². The zero-order valence-corrected chi connectivity index (χ0v) is 18.5. The van der Waals surface area contributed by atoms with Gasteiger partial charge in [0.2, 0.25) is 5.91 Å². The predicted octanol–water partition coefficient (Wildman–Crippen LogP) is 1.86. The summed E-state index contributed by atoms with van der Waals surface area (Å²) >= 11 is 0. The summed E-state index contributed by atoms with van der Waals surface area (Å²) in [5.41, 5.74) is -0.314. The molecule has 0 bridgehead atoms. The van der Waals surface area contributed by atoms with E-state index >= 15 is 0 Å². The van der Waals surface area contributed by atoms with E-state index in [0.29, 0.717) is 50.5 Å². The molecular weight excluding hydrogens is 408 g/mol. The van der Waals surface area contributed by atoms with Crippen LogP contribution in [0.25, 0.3) is 0 Å². The quantitative estimate of drug-likeness (QED) is 0.730. The number of piperidine rings is 2. The van der Waals surface area contributed by atoms with Crippen LogP contribution in [0.5, 0.6) is 0 Å². The molecule has 1 aliphatic carbocycles. The smallest absolute Gasteiger partial charge is 0.325 e. The third-order valence-corrected chi connectivity index (χ3v) is 7.62. The molecule has 3 atom stereocenters. The summed E-state index contributed by atoms with van der Waals surface area (Å²) in [6.07, 6.45) is 3.26. The van der Waals surface area contributed by atoms with E-state index in [1.165, 1.54) is 4.90 Å². The molecule has 1 saturated carbocycles. The number of nitrogens with zero attached hydrogens (tertiary/aromatic N) is 3. The molecule has 32 heavy (non-hydrogen) atoms. The van der Waals surface area contributed by atoms with Crippen molar-refractivity contribution in [1.82, 2.24) is 20.0 Å². The summed E-state index contributed by atoms with van der Waals surface area (Å²) in [5, 5.41) is 2.95. The van der Waals surface area contributed by atoms with Crippen molar-refractivity contribution in [3.8, 4) is 0 Å². The van der Waals surface area contributed by atoms with Crippen LogP contribution in [0.1, 0.15) is 49.4 Å². The fraction of sp³-hybridized carbons (Fsp3) is 0.583. The molecule has 4 fully saturated rings. The van der Waals surface area contributed by atoms with Crippen LogP contribution in [0.4, 0.5) is 4.79 Å². The van der Waals surface area contributed by atoms with E-state index in [0.717, 1.165) is 19.3 Å². The number of rotatable bonds is 3. The number of amides is 5. The molecule has 1 aromatic carbocycles. The molecule has 3 aliphatic heterocycles. The van der Waals surface area contributed by atoms with E-state index in [1.54, 1.807) is 17.0 Å². The van der Waals surface area contributed by atoms with Gasteiger partial charge < -0.3 is 15.1 Å². The lowest BCUT2D eigenvalue weighted by atomic mass is 9.86. The molecule has 0 aromatic heterocycles. The van der Waals surface area contributed by atoms with Gasteiger partial charge in [0.1, 0.15) is 5.54 Å². The summed E-state index contributed by atoms with van der Waals surface area (Å²) in [4.78, 5) is 56.7. The lowest BCUT2D eigenvalue weighted by molar-refractivity contribution is -0.139. The van der Waals surface area contributed by atoms with Crippen molar-refractivity contribution in [2.75, 3.05) is 26.2 Å². The SMILES string of the molecule is C[C@@H]1C[C@H]1C(=O)N1CCC[C@@H](N2C(=O)NC3(CCN(C(=O)c4ccccc4)CC3)C2=O)C1. The fourth-order valence-corrected chi connectivity index (χ4v) is 5.43. The minimum absolute atomic E-state index is 0.0511. The third kappa shape index (κ3) is 3.55. The number of carbonyl (C=O) groups excluding carboxylic acids is 4. The maximum Gasteiger partial charge on any atom is 0.325 e. The van der Waals surface area contributed by atoms with Crippen molar-refractivity contribution < 1.29 is 19.2 Å². The minimum Gasteiger partial charge on any atom is -0.340 e. The molecule has 1 N–H and O–H groups in total. The topological polar surface area (TPSA) is 90.0 Å². The summed E-state index contributed by atoms with van der Waals surface area (Å²) in [7, 11) is 0. The Kier molecular flexibility index (Phi) is 5.18. The first-order chi connectivity index (χ1) is 15.4. The van der Waals surface area contributed by atoms with Crippen molar-refractivity contribution in [3.63, 3.8) is 0 Å². The van der Waals surface area contributed by atoms with Crippen molar-refractivity contribution in [1.29, 1.82) is 0 Å². The molecule has 0 unspecified atom stereocenters. The second-order valence-electron chi connectivity index (χ2n) is 9.75. The average Bonchev–Trinajstić information content (AvgIpc) is 3.50. The first kappa shape index (κ1) is 21.0. The van der Waals surface area contributed by atoms with E-state index in [2.05, 4.69) is 12.2 Å². The van der Waals surface area contributed by atoms with Gasteiger partial charge in [-0.3, -0.25) is 19.3 Å². The predicted molar refractivity (Wildman–Crippen MR) is 117 cm³/mol. The zero-order chi connectivity index (χ0) is 22.5. The van der Waals surface area contributed by atoms with Crippen LogP contribution in [0.15, 0.2) is 30.3 Å². The van der Waals surface area contributed by atoms with Gasteiger partial charge in [-0.1, -0.05) is 25.1 Å². The zero-order valence-electron chi connectivity index (χ0n) is 18.5. The molecular formula is C24H30N4O4. The molecule has 0 radical (unpaired) electrons. The highest BCUT2D eigenvalue weighted by molar-refractivity contribution is 6.07. The van der Waals surface area contributed by atoms with Crippen molar-refractivity contribution in [3.05, 3.63) is 35.9 Å². The Labute approximate surface area is 187 Å². The molecule has 1 spiro atoms. The number of likely N-dealkylation sites (tertiary alicyclic amines) is 2. The molecule has 3 heterocycles. The number of hydrogen-bond donors (Lipinski definition) is 1. The maximum absolute atomic E-state index is 13.4. The number of urea groups is 1. The molecule has 5 rings (SSSR count). The lowest BCUT2D eigenvalue weighted by Gasteiger charge is -2.39. The highest BCUT2D eigenvalue weighted by Crippen LogP contribution is 2.40. The van der Waals surface area contributed by atoms with Gasteiger partial charge in [0.25, 0.3) is 11.8 Å². The Morgan fingerprint density at radius 2 is 1.72 bits per heavy atom. The van der Waals surface area contributed by atoms with Crippen LogP contribution in [-0.4, -0.2) is 76.2 Å². The molecule has 170 valence electrons. The van der Waals surface area contributed by atoms with E-state index < -0.39 is 5.54 Å². The highest BCUT2D eigenvalue weighted by Gasteiger charge is 2.55. The minimum atomic E-state index is -0.943. The molecule has 4 aliphatic rings. The maximum atomic E-state index is 13.4. The van der Waals surface area contributed by atoms with Crippen LogP contribution in [-0.2, 0) is 9.59 Å². The van der Waals surface area contributed by atoms with Crippen LogP contribution in [0.2, 0.25) is 0 Å². The molecule has 1 aromatic rings. The molecule has 3 saturated heterocycles. The monoisotopic (exact) mass is 438 g/mol. The summed E-state index contributed by atoms with van der Waals surface area (Å²) in [5.74, 6) is 0.455. The molecule has 8 nitrogen and oxygen atoms in total. The van der Waals surface area contributed by atoms with Crippen molar-refractivity contribution in [2.45, 2.75) is 50.6 Å². The van der Waals surface area contributed by atoms with E-state index in [1.807, 2.05) is 23.1 Å². The van der Waals surface area contributed by atoms with E-state index in [-0.39, 0.29) is 35.7 Å². The summed E-state index contributed by atoms with van der Waals surface area (Å²) < 4.78 is 0. The Balaban J connectivity index is 1.24. The number of benzene rings is 1. The average molecular weight is 439 g/mol. The number of imide groups is 1. The first-order valence-corrected chi connectivity index (χ1v) is 11.7. The van der Waals surface area contributed by atoms with Gasteiger partial charge in [-0.2, -0.15) is 0 Å². The standard InChI is InChI=1S/C24H30N4O4/c1-16-14-19(16)21(30)27-11-5-8-18(15-27)28-22(31)24(25-23(28)32)9-12-26(13-10-24)20(29)17-6-3-2-4-7-17/h2-4,6-7,16,18-19H,5,8-15H2,1H3,(H,25,32)/t16-,18-,19-/m1/s1. The fourth-order valence-electron chi connectivity index (χ4n) is 5.43. The second-order valence-corrected chi connectivity index (χ2v) is 9.75. The third-order valence-electron chi connectivity index (χ3n) is 7.62. The Hall–Kier alpha value is -2.90. The number of nitrogens with one attached hydrogen (secondary N) is 1. The van der Waals surface area contributed by atoms with Crippen LogP contribution in [0, 0.1) is 11.8 Å². The normalized spacial score (nSPS) is 29.3. The molecule has 8 heteroatoms. The van der Waals surface area contributed by atoms with Crippen LogP contribution >= 0.6 is 0 Å². The van der Waals surface area contributed by atoms with Gasteiger partial charge in [-0.25, -0.2) is 4.79 Å². The Morgan fingerprint density at radius 3 is 2.38 bits per heavy atom. The van der Waals surface area contributed by atoms with Gasteiger partial charge >= 0.3 is 6.03 Å². The largest absolute Gasteiger partial charge is 0.340 e. The lowest BCUT2D eigenvalue weighted by Crippen LogP contribution is -2.57. The van der Waals surface area contributed by atoms with Crippen molar-refractivity contribution in [2.24, 2.45) is 11.8 Å². The number of hydrogen-bond acceptors (Lipinski definition) is 4. The van der Waals surface area contributed by atoms with E-state index in [4.69, 9.17) is 0 Å². The Bertz CT molecular complexity index is 941. The summed E-state index contributed by atoms with van der Waals surface area (Å²) in [6, 6.07) is 8.47. The summed E-state index contributed by atoms with van der Waals surface area (Å²) in [6.45, 7) is 4.05. The van der Waals surface area contributed by atoms with E-state index in [9.17, 15) is 19.2 Å². The van der Waals surface area contributed by atoms with Gasteiger partial charge in [0.05, 0.1) is 6.04 Å². The van der Waals surface area contributed by atoms with Gasteiger partial charge in [-0.15, -0.1) is 0 Å². The number of carbonyl (C=O) groups is 4. The van der Waals surface area contributed by atoms with Gasteiger partial charge in [-0.05, 0) is 50.2 Å². The second kappa shape index (κ2) is 7.90. The Morgan fingerprint density at radius 1 is 1.03 bits per heavy atom. The molecule has 5 amide bonds. The van der Waals surface area contributed by atoms with Gasteiger partial charge in [0.15, 0.2) is 0 Å². The van der Waals surface area contributed by atoms with Crippen LogP contribution < -0.4 is 5.32 Å². The first-order valence-electron chi connectivity index (χ1n) is 11.7. The van der Waals surface area contributed by atoms with Gasteiger partial charge in [0, 0.05) is 37.7 Å². The highest BCUT2D eigenvalue weighted by atomic mass is 16.2.